The lowest BCUT2D eigenvalue weighted by molar-refractivity contribution is 0.963. The van der Waals surface area contributed by atoms with Crippen molar-refractivity contribution in [3.05, 3.63) is 60.9 Å². The van der Waals surface area contributed by atoms with Crippen LogP contribution >= 0.6 is 0 Å². The fourth-order valence-corrected chi connectivity index (χ4v) is 1.72. The maximum atomic E-state index is 4.22. The van der Waals surface area contributed by atoms with Crippen LogP contribution in [-0.2, 0) is 0 Å². The Bertz CT molecular complexity index is 582. The smallest absolute Gasteiger partial charge is 0.0661 e. The van der Waals surface area contributed by atoms with Crippen LogP contribution in [-0.4, -0.2) is 9.61 Å². The lowest BCUT2D eigenvalue weighted by Crippen LogP contribution is -1.87. The van der Waals surface area contributed by atoms with E-state index in [1.165, 1.54) is 11.1 Å². The molecule has 0 aliphatic rings. The first-order valence-electron chi connectivity index (χ1n) is 4.92. The van der Waals surface area contributed by atoms with Crippen LogP contribution in [0.2, 0.25) is 0 Å². The van der Waals surface area contributed by atoms with Crippen LogP contribution in [0.15, 0.2) is 60.9 Å². The second-order valence-corrected chi connectivity index (χ2v) is 3.48. The summed E-state index contributed by atoms with van der Waals surface area (Å²) in [6.45, 7) is 0. The van der Waals surface area contributed by atoms with Crippen molar-refractivity contribution in [1.29, 1.82) is 0 Å². The Morgan fingerprint density at radius 2 is 1.67 bits per heavy atom. The Morgan fingerprint density at radius 3 is 2.53 bits per heavy atom. The number of fused-ring (bicyclic) bond motifs is 1. The van der Waals surface area contributed by atoms with E-state index in [2.05, 4.69) is 29.4 Å². The SMILES string of the molecule is c1ccc(-c2ccc3ccnn3c2)cc1. The number of rotatable bonds is 1. The zero-order chi connectivity index (χ0) is 10.1. The molecule has 0 saturated heterocycles. The number of benzene rings is 1. The molecule has 2 nitrogen and oxygen atoms in total. The Hall–Kier alpha value is -2.09. The van der Waals surface area contributed by atoms with E-state index in [9.17, 15) is 0 Å². The minimum absolute atomic E-state index is 1.12. The minimum Gasteiger partial charge on any atom is -0.240 e. The Morgan fingerprint density at radius 1 is 0.800 bits per heavy atom. The normalized spacial score (nSPS) is 10.7. The molecule has 2 aromatic heterocycles. The summed E-state index contributed by atoms with van der Waals surface area (Å²) >= 11 is 0. The van der Waals surface area contributed by atoms with E-state index in [0.717, 1.165) is 5.52 Å². The number of nitrogens with zero attached hydrogens (tertiary/aromatic N) is 2. The second-order valence-electron chi connectivity index (χ2n) is 3.48. The standard InChI is InChI=1S/C13H10N2/c1-2-4-11(5-3-1)12-6-7-13-8-9-14-15(13)10-12/h1-10H. The lowest BCUT2D eigenvalue weighted by atomic mass is 10.1. The van der Waals surface area contributed by atoms with Crippen molar-refractivity contribution in [3.63, 3.8) is 0 Å². The van der Waals surface area contributed by atoms with Gasteiger partial charge in [0, 0.05) is 18.0 Å². The van der Waals surface area contributed by atoms with Gasteiger partial charge in [-0.1, -0.05) is 36.4 Å². The van der Waals surface area contributed by atoms with Crippen molar-refractivity contribution in [2.24, 2.45) is 0 Å². The Labute approximate surface area is 87.8 Å². The van der Waals surface area contributed by atoms with Gasteiger partial charge in [-0.3, -0.25) is 0 Å². The molecule has 0 amide bonds. The molecule has 0 saturated carbocycles. The van der Waals surface area contributed by atoms with Gasteiger partial charge in [0.25, 0.3) is 0 Å². The van der Waals surface area contributed by atoms with Crippen molar-refractivity contribution in [3.8, 4) is 11.1 Å². The van der Waals surface area contributed by atoms with Gasteiger partial charge in [-0.2, -0.15) is 5.10 Å². The summed E-state index contributed by atoms with van der Waals surface area (Å²) in [5.41, 5.74) is 3.52. The summed E-state index contributed by atoms with van der Waals surface area (Å²) in [5, 5.41) is 4.22. The third-order valence-corrected chi connectivity index (χ3v) is 2.50. The number of pyridine rings is 1. The minimum atomic E-state index is 1.12. The fourth-order valence-electron chi connectivity index (χ4n) is 1.72. The molecule has 3 aromatic rings. The van der Waals surface area contributed by atoms with Gasteiger partial charge in [0.2, 0.25) is 0 Å². The molecule has 72 valence electrons. The first-order valence-corrected chi connectivity index (χ1v) is 4.92. The molecule has 0 fully saturated rings. The van der Waals surface area contributed by atoms with Gasteiger partial charge >= 0.3 is 0 Å². The molecular formula is C13H10N2. The van der Waals surface area contributed by atoms with Crippen molar-refractivity contribution in [2.45, 2.75) is 0 Å². The molecular weight excluding hydrogens is 184 g/mol. The zero-order valence-corrected chi connectivity index (χ0v) is 8.17. The molecule has 3 rings (SSSR count). The van der Waals surface area contributed by atoms with Crippen LogP contribution in [0.5, 0.6) is 0 Å². The van der Waals surface area contributed by atoms with E-state index in [1.807, 2.05) is 41.2 Å². The number of hydrogen-bond acceptors (Lipinski definition) is 1. The average molecular weight is 194 g/mol. The molecule has 1 aromatic carbocycles. The summed E-state index contributed by atoms with van der Waals surface area (Å²) in [7, 11) is 0. The van der Waals surface area contributed by atoms with Crippen LogP contribution in [0.25, 0.3) is 16.6 Å². The third kappa shape index (κ3) is 1.40. The maximum Gasteiger partial charge on any atom is 0.0661 e. The van der Waals surface area contributed by atoms with Gasteiger partial charge in [0.05, 0.1) is 5.52 Å². The lowest BCUT2D eigenvalue weighted by Gasteiger charge is -2.01. The van der Waals surface area contributed by atoms with Gasteiger partial charge in [-0.05, 0) is 17.7 Å². The van der Waals surface area contributed by atoms with E-state index in [4.69, 9.17) is 0 Å². The van der Waals surface area contributed by atoms with Gasteiger partial charge in [-0.25, -0.2) is 4.52 Å². The van der Waals surface area contributed by atoms with Crippen LogP contribution in [0, 0.1) is 0 Å². The fraction of sp³-hybridized carbons (Fsp3) is 0. The van der Waals surface area contributed by atoms with Gasteiger partial charge in [0.15, 0.2) is 0 Å². The number of hydrogen-bond donors (Lipinski definition) is 0. The van der Waals surface area contributed by atoms with E-state index < -0.39 is 0 Å². The summed E-state index contributed by atoms with van der Waals surface area (Å²) in [5.74, 6) is 0. The Balaban J connectivity index is 2.19. The first-order chi connectivity index (χ1) is 7.43. The van der Waals surface area contributed by atoms with E-state index in [0.29, 0.717) is 0 Å². The zero-order valence-electron chi connectivity index (χ0n) is 8.17. The Kier molecular flexibility index (Phi) is 1.78. The van der Waals surface area contributed by atoms with E-state index >= 15 is 0 Å². The van der Waals surface area contributed by atoms with Crippen molar-refractivity contribution in [1.82, 2.24) is 9.61 Å². The highest BCUT2D eigenvalue weighted by molar-refractivity contribution is 5.65. The molecule has 0 bridgehead atoms. The monoisotopic (exact) mass is 194 g/mol. The predicted octanol–water partition coefficient (Wildman–Crippen LogP) is 3.00. The van der Waals surface area contributed by atoms with Crippen LogP contribution < -0.4 is 0 Å². The van der Waals surface area contributed by atoms with Gasteiger partial charge in [-0.15, -0.1) is 0 Å². The first kappa shape index (κ1) is 8.24. The number of aromatic nitrogens is 2. The van der Waals surface area contributed by atoms with Crippen LogP contribution in [0.3, 0.4) is 0 Å². The molecule has 0 aliphatic carbocycles. The third-order valence-electron chi connectivity index (χ3n) is 2.50. The van der Waals surface area contributed by atoms with Gasteiger partial charge in [0.1, 0.15) is 0 Å². The van der Waals surface area contributed by atoms with Crippen LogP contribution in [0.1, 0.15) is 0 Å². The molecule has 0 radical (unpaired) electrons. The molecule has 0 unspecified atom stereocenters. The molecule has 0 aliphatic heterocycles. The van der Waals surface area contributed by atoms with E-state index in [1.54, 1.807) is 0 Å². The van der Waals surface area contributed by atoms with Crippen molar-refractivity contribution in [2.75, 3.05) is 0 Å². The summed E-state index contributed by atoms with van der Waals surface area (Å²) in [6.07, 6.45) is 3.86. The second kappa shape index (κ2) is 3.24. The van der Waals surface area contributed by atoms with Crippen LogP contribution in [0.4, 0.5) is 0 Å². The summed E-state index contributed by atoms with van der Waals surface area (Å²) in [6, 6.07) is 16.5. The molecule has 0 atom stereocenters. The highest BCUT2D eigenvalue weighted by Crippen LogP contribution is 2.18. The molecule has 2 heteroatoms. The average Bonchev–Trinajstić information content (AvgIpc) is 2.77. The molecule has 15 heavy (non-hydrogen) atoms. The van der Waals surface area contributed by atoms with E-state index in [-0.39, 0.29) is 0 Å². The van der Waals surface area contributed by atoms with Crippen molar-refractivity contribution < 1.29 is 0 Å². The summed E-state index contributed by atoms with van der Waals surface area (Å²) in [4.78, 5) is 0. The molecule has 2 heterocycles. The molecule has 0 spiro atoms. The largest absolute Gasteiger partial charge is 0.240 e. The summed E-state index contributed by atoms with van der Waals surface area (Å²) < 4.78 is 1.89. The highest BCUT2D eigenvalue weighted by Gasteiger charge is 1.98. The predicted molar refractivity (Wildman–Crippen MR) is 60.6 cm³/mol. The topological polar surface area (TPSA) is 17.3 Å². The van der Waals surface area contributed by atoms with Gasteiger partial charge < -0.3 is 0 Å². The quantitative estimate of drug-likeness (QED) is 0.582. The van der Waals surface area contributed by atoms with Crippen molar-refractivity contribution >= 4 is 5.52 Å². The molecule has 0 N–H and O–H groups in total. The highest BCUT2D eigenvalue weighted by atomic mass is 15.2. The maximum absolute atomic E-state index is 4.22.